The first-order valence-electron chi connectivity index (χ1n) is 7.80. The zero-order valence-corrected chi connectivity index (χ0v) is 15.4. The average Bonchev–Trinajstić information content (AvgIpc) is 3.01. The summed E-state index contributed by atoms with van der Waals surface area (Å²) in [4.78, 5) is 16.4. The van der Waals surface area contributed by atoms with Gasteiger partial charge in [0.2, 0.25) is 5.78 Å². The van der Waals surface area contributed by atoms with E-state index in [1.165, 1.54) is 0 Å². The van der Waals surface area contributed by atoms with Crippen LogP contribution in [-0.2, 0) is 0 Å². The van der Waals surface area contributed by atoms with Crippen LogP contribution in [0.4, 0.5) is 0 Å². The molecule has 0 amide bonds. The maximum Gasteiger partial charge on any atom is 0.209 e. The molecule has 4 aromatic rings. The number of H-pyrrole nitrogens is 1. The molecule has 0 radical (unpaired) electrons. The van der Waals surface area contributed by atoms with Crippen molar-refractivity contribution in [1.82, 2.24) is 4.98 Å². The van der Waals surface area contributed by atoms with E-state index < -0.39 is 0 Å². The number of ketones is 1. The smallest absolute Gasteiger partial charge is 0.209 e. The van der Waals surface area contributed by atoms with Crippen LogP contribution in [0.25, 0.3) is 22.0 Å². The molecule has 122 valence electrons. The number of rotatable bonds is 3. The van der Waals surface area contributed by atoms with Gasteiger partial charge < -0.3 is 4.98 Å². The van der Waals surface area contributed by atoms with Gasteiger partial charge >= 0.3 is 0 Å². The highest BCUT2D eigenvalue weighted by atomic mass is 79.9. The lowest BCUT2D eigenvalue weighted by molar-refractivity contribution is 0.103. The number of carbonyl (C=O) groups excluding carboxylic acids is 1. The van der Waals surface area contributed by atoms with Crippen molar-refractivity contribution in [3.05, 3.63) is 93.5 Å². The van der Waals surface area contributed by atoms with E-state index in [1.54, 1.807) is 0 Å². The predicted octanol–water partition coefficient (Wildman–Crippen LogP) is 6.48. The van der Waals surface area contributed by atoms with E-state index >= 15 is 0 Å². The van der Waals surface area contributed by atoms with Crippen LogP contribution in [-0.4, -0.2) is 10.8 Å². The Labute approximate surface area is 158 Å². The lowest BCUT2D eigenvalue weighted by Crippen LogP contribution is -2.03. The highest BCUT2D eigenvalue weighted by molar-refractivity contribution is 9.10. The summed E-state index contributed by atoms with van der Waals surface area (Å²) in [7, 11) is 0. The number of benzene rings is 3. The lowest BCUT2D eigenvalue weighted by Gasteiger charge is -2.05. The molecule has 0 unspecified atom stereocenters. The molecule has 1 N–H and O–H groups in total. The number of nitrogens with one attached hydrogen (secondary N) is 1. The second-order valence-electron chi connectivity index (χ2n) is 5.77. The minimum Gasteiger partial charge on any atom is -0.351 e. The Balaban J connectivity index is 1.97. The fourth-order valence-corrected chi connectivity index (χ4v) is 3.42. The van der Waals surface area contributed by atoms with Crippen LogP contribution in [0, 0.1) is 0 Å². The van der Waals surface area contributed by atoms with Crippen LogP contribution in [0.1, 0.15) is 16.1 Å². The first-order valence-corrected chi connectivity index (χ1v) is 8.97. The van der Waals surface area contributed by atoms with Crippen molar-refractivity contribution in [2.24, 2.45) is 0 Å². The van der Waals surface area contributed by atoms with Gasteiger partial charge in [-0.25, -0.2) is 0 Å². The van der Waals surface area contributed by atoms with Crippen LogP contribution >= 0.6 is 27.5 Å². The van der Waals surface area contributed by atoms with E-state index in [0.717, 1.165) is 26.5 Å². The SMILES string of the molecule is O=C(c1ccc(Br)cc1)c1[nH]c2ccc(Cl)cc2c1-c1ccccc1. The Morgan fingerprint density at radius 3 is 2.36 bits per heavy atom. The van der Waals surface area contributed by atoms with Crippen LogP contribution in [0.15, 0.2) is 77.3 Å². The van der Waals surface area contributed by atoms with Gasteiger partial charge in [-0.05, 0) is 48.0 Å². The minimum atomic E-state index is -0.0429. The number of hydrogen-bond donors (Lipinski definition) is 1. The number of fused-ring (bicyclic) bond motifs is 1. The molecule has 4 heteroatoms. The van der Waals surface area contributed by atoms with Gasteiger partial charge in [-0.2, -0.15) is 0 Å². The Morgan fingerprint density at radius 2 is 1.64 bits per heavy atom. The molecule has 0 fully saturated rings. The molecule has 2 nitrogen and oxygen atoms in total. The molecular weight excluding hydrogens is 398 g/mol. The quantitative estimate of drug-likeness (QED) is 0.385. The van der Waals surface area contributed by atoms with Gasteiger partial charge in [0.1, 0.15) is 0 Å². The fraction of sp³-hybridized carbons (Fsp3) is 0. The molecule has 0 saturated carbocycles. The predicted molar refractivity (Wildman–Crippen MR) is 106 cm³/mol. The molecule has 0 aliphatic rings. The minimum absolute atomic E-state index is 0.0429. The number of hydrogen-bond acceptors (Lipinski definition) is 1. The van der Waals surface area contributed by atoms with Gasteiger partial charge in [0, 0.05) is 31.5 Å². The Hall–Kier alpha value is -2.36. The lowest BCUT2D eigenvalue weighted by atomic mass is 9.98. The van der Waals surface area contributed by atoms with E-state index in [-0.39, 0.29) is 5.78 Å². The highest BCUT2D eigenvalue weighted by Gasteiger charge is 2.20. The summed E-state index contributed by atoms with van der Waals surface area (Å²) >= 11 is 9.60. The molecule has 0 atom stereocenters. The summed E-state index contributed by atoms with van der Waals surface area (Å²) in [5.74, 6) is -0.0429. The second-order valence-corrected chi connectivity index (χ2v) is 7.12. The summed E-state index contributed by atoms with van der Waals surface area (Å²) in [5.41, 5.74) is 3.97. The zero-order valence-electron chi connectivity index (χ0n) is 13.1. The molecule has 0 aliphatic heterocycles. The van der Waals surface area contributed by atoms with Crippen molar-refractivity contribution < 1.29 is 4.79 Å². The summed E-state index contributed by atoms with van der Waals surface area (Å²) in [6.45, 7) is 0. The summed E-state index contributed by atoms with van der Waals surface area (Å²) in [6, 6.07) is 22.9. The summed E-state index contributed by atoms with van der Waals surface area (Å²) < 4.78 is 0.941. The maximum absolute atomic E-state index is 13.1. The van der Waals surface area contributed by atoms with Crippen molar-refractivity contribution in [2.45, 2.75) is 0 Å². The maximum atomic E-state index is 13.1. The van der Waals surface area contributed by atoms with Crippen LogP contribution in [0.3, 0.4) is 0 Å². The van der Waals surface area contributed by atoms with Gasteiger partial charge in [0.25, 0.3) is 0 Å². The molecule has 1 heterocycles. The van der Waals surface area contributed by atoms with Gasteiger partial charge in [-0.1, -0.05) is 57.9 Å². The molecule has 0 aliphatic carbocycles. The monoisotopic (exact) mass is 409 g/mol. The third-order valence-electron chi connectivity index (χ3n) is 4.16. The Kier molecular flexibility index (Phi) is 4.20. The van der Waals surface area contributed by atoms with Crippen LogP contribution < -0.4 is 0 Å². The molecule has 0 saturated heterocycles. The van der Waals surface area contributed by atoms with Crippen molar-refractivity contribution in [3.8, 4) is 11.1 Å². The molecule has 0 bridgehead atoms. The average molecular weight is 411 g/mol. The fourth-order valence-electron chi connectivity index (χ4n) is 2.98. The van der Waals surface area contributed by atoms with E-state index in [4.69, 9.17) is 11.6 Å². The van der Waals surface area contributed by atoms with Crippen molar-refractivity contribution in [3.63, 3.8) is 0 Å². The Bertz CT molecular complexity index is 1070. The van der Waals surface area contributed by atoms with Crippen molar-refractivity contribution >= 4 is 44.2 Å². The Morgan fingerprint density at radius 1 is 0.920 bits per heavy atom. The standard InChI is InChI=1S/C21H13BrClNO/c22-15-8-6-14(7-9-15)21(25)20-19(13-4-2-1-3-5-13)17-12-16(23)10-11-18(17)24-20/h1-12,24H. The summed E-state index contributed by atoms with van der Waals surface area (Å²) in [5, 5.41) is 1.59. The first kappa shape index (κ1) is 16.1. The summed E-state index contributed by atoms with van der Waals surface area (Å²) in [6.07, 6.45) is 0. The van der Waals surface area contributed by atoms with Crippen LogP contribution in [0.5, 0.6) is 0 Å². The number of aromatic amines is 1. The number of aromatic nitrogens is 1. The van der Waals surface area contributed by atoms with Crippen molar-refractivity contribution in [1.29, 1.82) is 0 Å². The molecular formula is C21H13BrClNO. The normalized spacial score (nSPS) is 11.0. The molecule has 0 spiro atoms. The molecule has 25 heavy (non-hydrogen) atoms. The number of halogens is 2. The second kappa shape index (κ2) is 6.51. The number of carbonyl (C=O) groups is 1. The molecule has 4 rings (SSSR count). The largest absolute Gasteiger partial charge is 0.351 e. The topological polar surface area (TPSA) is 32.9 Å². The third-order valence-corrected chi connectivity index (χ3v) is 4.92. The third kappa shape index (κ3) is 3.01. The van der Waals surface area contributed by atoms with E-state index in [1.807, 2.05) is 72.8 Å². The molecule has 3 aromatic carbocycles. The highest BCUT2D eigenvalue weighted by Crippen LogP contribution is 2.35. The van der Waals surface area contributed by atoms with Gasteiger partial charge in [-0.15, -0.1) is 0 Å². The van der Waals surface area contributed by atoms with Crippen LogP contribution in [0.2, 0.25) is 5.02 Å². The first-order chi connectivity index (χ1) is 12.1. The molecule has 1 aromatic heterocycles. The van der Waals surface area contributed by atoms with E-state index in [9.17, 15) is 4.79 Å². The van der Waals surface area contributed by atoms with Gasteiger partial charge in [-0.3, -0.25) is 4.79 Å². The van der Waals surface area contributed by atoms with E-state index in [0.29, 0.717) is 16.3 Å². The van der Waals surface area contributed by atoms with Crippen molar-refractivity contribution in [2.75, 3.05) is 0 Å². The van der Waals surface area contributed by atoms with Gasteiger partial charge in [0.05, 0.1) is 5.69 Å². The van der Waals surface area contributed by atoms with E-state index in [2.05, 4.69) is 20.9 Å². The zero-order chi connectivity index (χ0) is 17.4. The van der Waals surface area contributed by atoms with Gasteiger partial charge in [0.15, 0.2) is 0 Å².